The van der Waals surface area contributed by atoms with E-state index in [9.17, 15) is 4.79 Å². The zero-order chi connectivity index (χ0) is 17.0. The number of hydrogen-bond acceptors (Lipinski definition) is 3. The fourth-order valence-corrected chi connectivity index (χ4v) is 2.49. The molecule has 0 aliphatic rings. The van der Waals surface area contributed by atoms with Gasteiger partial charge in [0.05, 0.1) is 12.9 Å². The Hall–Kier alpha value is -2.30. The van der Waals surface area contributed by atoms with Crippen LogP contribution in [0.5, 0.6) is 5.75 Å². The summed E-state index contributed by atoms with van der Waals surface area (Å²) < 4.78 is 7.89. The van der Waals surface area contributed by atoms with Crippen molar-refractivity contribution in [3.8, 4) is 5.75 Å². The number of imidazole rings is 1. The maximum atomic E-state index is 10.8. The molecule has 0 unspecified atom stereocenters. The van der Waals surface area contributed by atoms with E-state index < -0.39 is 0 Å². The van der Waals surface area contributed by atoms with Gasteiger partial charge >= 0.3 is 0 Å². The molecule has 0 aliphatic heterocycles. The molecular formula is C19H27N3O2. The molecule has 0 spiro atoms. The minimum atomic E-state index is 0.0139. The normalized spacial score (nSPS) is 10.5. The molecule has 0 saturated carbocycles. The van der Waals surface area contributed by atoms with Crippen molar-refractivity contribution in [1.82, 2.24) is 14.9 Å². The Balaban J connectivity index is 1.51. The molecule has 24 heavy (non-hydrogen) atoms. The van der Waals surface area contributed by atoms with Gasteiger partial charge in [-0.3, -0.25) is 4.79 Å². The average molecular weight is 329 g/mol. The SMILES string of the molecule is CC(=O)NCCc1ccc(OCCCCCCn2ccnc2)cc1. The summed E-state index contributed by atoms with van der Waals surface area (Å²) in [6.45, 7) is 4.01. The van der Waals surface area contributed by atoms with Crippen molar-refractivity contribution < 1.29 is 9.53 Å². The number of carbonyl (C=O) groups excluding carboxylic acids is 1. The van der Waals surface area contributed by atoms with Crippen LogP contribution in [0.2, 0.25) is 0 Å². The summed E-state index contributed by atoms with van der Waals surface area (Å²) in [4.78, 5) is 14.9. The smallest absolute Gasteiger partial charge is 0.216 e. The molecule has 0 atom stereocenters. The van der Waals surface area contributed by atoms with E-state index in [1.807, 2.05) is 30.9 Å². The Labute approximate surface area is 144 Å². The number of benzene rings is 1. The van der Waals surface area contributed by atoms with Gasteiger partial charge in [0, 0.05) is 32.4 Å². The minimum Gasteiger partial charge on any atom is -0.494 e. The highest BCUT2D eigenvalue weighted by Gasteiger charge is 1.98. The lowest BCUT2D eigenvalue weighted by atomic mass is 10.1. The van der Waals surface area contributed by atoms with Crippen LogP contribution < -0.4 is 10.1 Å². The summed E-state index contributed by atoms with van der Waals surface area (Å²) in [5.41, 5.74) is 1.20. The molecule has 1 aromatic carbocycles. The Morgan fingerprint density at radius 3 is 2.67 bits per heavy atom. The molecule has 0 radical (unpaired) electrons. The fourth-order valence-electron chi connectivity index (χ4n) is 2.49. The maximum absolute atomic E-state index is 10.8. The van der Waals surface area contributed by atoms with Crippen molar-refractivity contribution in [3.05, 3.63) is 48.5 Å². The van der Waals surface area contributed by atoms with E-state index in [0.717, 1.165) is 31.7 Å². The first-order chi connectivity index (χ1) is 11.7. The van der Waals surface area contributed by atoms with Crippen molar-refractivity contribution in [1.29, 1.82) is 0 Å². The van der Waals surface area contributed by atoms with Gasteiger partial charge in [-0.1, -0.05) is 25.0 Å². The molecule has 1 heterocycles. The van der Waals surface area contributed by atoms with Crippen molar-refractivity contribution in [2.24, 2.45) is 0 Å². The lowest BCUT2D eigenvalue weighted by molar-refractivity contribution is -0.118. The fraction of sp³-hybridized carbons (Fsp3) is 0.474. The largest absolute Gasteiger partial charge is 0.494 e. The topological polar surface area (TPSA) is 56.1 Å². The van der Waals surface area contributed by atoms with E-state index in [0.29, 0.717) is 6.54 Å². The molecule has 0 saturated heterocycles. The molecule has 1 aromatic heterocycles. The number of carbonyl (C=O) groups is 1. The molecule has 5 nitrogen and oxygen atoms in total. The van der Waals surface area contributed by atoms with Crippen LogP contribution in [0, 0.1) is 0 Å². The zero-order valence-electron chi connectivity index (χ0n) is 14.4. The molecule has 0 aliphatic carbocycles. The highest BCUT2D eigenvalue weighted by molar-refractivity contribution is 5.72. The van der Waals surface area contributed by atoms with Crippen LogP contribution in [0.15, 0.2) is 43.0 Å². The van der Waals surface area contributed by atoms with E-state index >= 15 is 0 Å². The number of ether oxygens (including phenoxy) is 1. The van der Waals surface area contributed by atoms with Crippen molar-refractivity contribution in [3.63, 3.8) is 0 Å². The van der Waals surface area contributed by atoms with Gasteiger partial charge in [0.25, 0.3) is 0 Å². The second-order valence-electron chi connectivity index (χ2n) is 5.94. The van der Waals surface area contributed by atoms with E-state index in [2.05, 4.69) is 27.0 Å². The third kappa shape index (κ3) is 7.31. The number of hydrogen-bond donors (Lipinski definition) is 1. The highest BCUT2D eigenvalue weighted by Crippen LogP contribution is 2.13. The predicted molar refractivity (Wildman–Crippen MR) is 95.0 cm³/mol. The molecule has 5 heteroatoms. The van der Waals surface area contributed by atoms with Gasteiger partial charge in [-0.05, 0) is 37.0 Å². The van der Waals surface area contributed by atoms with Gasteiger partial charge in [-0.2, -0.15) is 0 Å². The lowest BCUT2D eigenvalue weighted by Gasteiger charge is -2.08. The Morgan fingerprint density at radius 2 is 1.96 bits per heavy atom. The van der Waals surface area contributed by atoms with Crippen LogP contribution in [0.4, 0.5) is 0 Å². The Kier molecular flexibility index (Phi) is 7.87. The average Bonchev–Trinajstić information content (AvgIpc) is 3.08. The first-order valence-corrected chi connectivity index (χ1v) is 8.66. The van der Waals surface area contributed by atoms with Gasteiger partial charge < -0.3 is 14.6 Å². The third-order valence-corrected chi connectivity index (χ3v) is 3.85. The first kappa shape index (κ1) is 18.0. The van der Waals surface area contributed by atoms with Gasteiger partial charge in [-0.15, -0.1) is 0 Å². The number of rotatable bonds is 11. The standard InChI is InChI=1S/C19H27N3O2/c1-17(23)21-11-10-18-6-8-19(9-7-18)24-15-5-3-2-4-13-22-14-12-20-16-22/h6-9,12,14,16H,2-5,10-11,13,15H2,1H3,(H,21,23). The Morgan fingerprint density at radius 1 is 1.17 bits per heavy atom. The zero-order valence-corrected chi connectivity index (χ0v) is 14.4. The molecule has 1 N–H and O–H groups in total. The van der Waals surface area contributed by atoms with Gasteiger partial charge in [-0.25, -0.2) is 4.98 Å². The second kappa shape index (κ2) is 10.5. The summed E-state index contributed by atoms with van der Waals surface area (Å²) in [5, 5.41) is 2.80. The molecule has 1 amide bonds. The number of unbranched alkanes of at least 4 members (excludes halogenated alkanes) is 3. The molecular weight excluding hydrogens is 302 g/mol. The van der Waals surface area contributed by atoms with Crippen molar-refractivity contribution in [2.75, 3.05) is 13.2 Å². The Bertz CT molecular complexity index is 579. The number of aryl methyl sites for hydroxylation is 1. The predicted octanol–water partition coefficient (Wildman–Crippen LogP) is 3.20. The molecule has 130 valence electrons. The summed E-state index contributed by atoms with van der Waals surface area (Å²) >= 11 is 0. The lowest BCUT2D eigenvalue weighted by Crippen LogP contribution is -2.22. The summed E-state index contributed by atoms with van der Waals surface area (Å²) in [6, 6.07) is 8.12. The van der Waals surface area contributed by atoms with Crippen LogP contribution >= 0.6 is 0 Å². The van der Waals surface area contributed by atoms with Gasteiger partial charge in [0.15, 0.2) is 0 Å². The number of amides is 1. The highest BCUT2D eigenvalue weighted by atomic mass is 16.5. The van der Waals surface area contributed by atoms with Crippen molar-refractivity contribution in [2.45, 2.75) is 45.6 Å². The minimum absolute atomic E-state index is 0.0139. The molecule has 0 bridgehead atoms. The van der Waals surface area contributed by atoms with Crippen LogP contribution in [0.3, 0.4) is 0 Å². The number of nitrogens with one attached hydrogen (secondary N) is 1. The van der Waals surface area contributed by atoms with Crippen LogP contribution in [0.1, 0.15) is 38.2 Å². The third-order valence-electron chi connectivity index (χ3n) is 3.85. The molecule has 0 fully saturated rings. The van der Waals surface area contributed by atoms with Gasteiger partial charge in [0.2, 0.25) is 5.91 Å². The van der Waals surface area contributed by atoms with Crippen molar-refractivity contribution >= 4 is 5.91 Å². The molecule has 2 aromatic rings. The number of aromatic nitrogens is 2. The van der Waals surface area contributed by atoms with Crippen LogP contribution in [-0.4, -0.2) is 28.6 Å². The summed E-state index contributed by atoms with van der Waals surface area (Å²) in [7, 11) is 0. The second-order valence-corrected chi connectivity index (χ2v) is 5.94. The van der Waals surface area contributed by atoms with E-state index in [1.165, 1.54) is 31.7 Å². The number of nitrogens with zero attached hydrogens (tertiary/aromatic N) is 2. The van der Waals surface area contributed by atoms with Gasteiger partial charge in [0.1, 0.15) is 5.75 Å². The van der Waals surface area contributed by atoms with E-state index in [4.69, 9.17) is 4.74 Å². The summed E-state index contributed by atoms with van der Waals surface area (Å²) in [6.07, 6.45) is 11.2. The first-order valence-electron chi connectivity index (χ1n) is 8.66. The summed E-state index contributed by atoms with van der Waals surface area (Å²) in [5.74, 6) is 0.927. The quantitative estimate of drug-likeness (QED) is 0.644. The van der Waals surface area contributed by atoms with E-state index in [1.54, 1.807) is 0 Å². The maximum Gasteiger partial charge on any atom is 0.216 e. The van der Waals surface area contributed by atoms with E-state index in [-0.39, 0.29) is 5.91 Å². The molecule has 2 rings (SSSR count). The van der Waals surface area contributed by atoms with Crippen LogP contribution in [-0.2, 0) is 17.8 Å². The van der Waals surface area contributed by atoms with Crippen LogP contribution in [0.25, 0.3) is 0 Å². The monoisotopic (exact) mass is 329 g/mol.